The van der Waals surface area contributed by atoms with E-state index < -0.39 is 34.4 Å². The minimum Gasteiger partial charge on any atom is -0.368 e. The molecule has 18 heavy (non-hydrogen) atoms. The van der Waals surface area contributed by atoms with Crippen molar-refractivity contribution in [1.82, 2.24) is 9.96 Å². The van der Waals surface area contributed by atoms with E-state index in [1.807, 2.05) is 0 Å². The Labute approximate surface area is 102 Å². The molecular weight excluding hydrogens is 266 g/mol. The maximum Gasteiger partial charge on any atom is 0.418 e. The minimum absolute atomic E-state index is 0.00745. The first kappa shape index (κ1) is 11.7. The Morgan fingerprint density at radius 1 is 1.44 bits per heavy atom. The zero-order valence-corrected chi connectivity index (χ0v) is 9.91. The van der Waals surface area contributed by atoms with Crippen LogP contribution in [0.5, 0.6) is 0 Å². The first-order chi connectivity index (χ1) is 8.29. The molecule has 100 valence electrons. The van der Waals surface area contributed by atoms with Gasteiger partial charge in [-0.1, -0.05) is 0 Å². The van der Waals surface area contributed by atoms with Gasteiger partial charge in [-0.15, -0.1) is 4.28 Å². The number of carbonyl (C=O) groups is 2. The fraction of sp³-hybridized carbons (Fsp3) is 0.750. The lowest BCUT2D eigenvalue weighted by molar-refractivity contribution is -0.123. The molecule has 1 saturated carbocycles. The number of primary amides is 1. The third kappa shape index (κ3) is 1.56. The smallest absolute Gasteiger partial charge is 0.368 e. The summed E-state index contributed by atoms with van der Waals surface area (Å²) in [5.74, 6) is -0.657. The predicted octanol–water partition coefficient (Wildman–Crippen LogP) is -1.67. The van der Waals surface area contributed by atoms with Gasteiger partial charge >= 0.3 is 16.4 Å². The number of carbonyl (C=O) groups excluding carboxylic acids is 2. The van der Waals surface area contributed by atoms with Gasteiger partial charge in [-0.2, -0.15) is 13.5 Å². The van der Waals surface area contributed by atoms with Gasteiger partial charge in [0.1, 0.15) is 6.04 Å². The summed E-state index contributed by atoms with van der Waals surface area (Å²) in [6.07, 6.45) is 0.688. The Bertz CT molecular complexity index is 533. The number of fused-ring (bicyclic) bond motifs is 4. The second-order valence-electron chi connectivity index (χ2n) is 4.74. The summed E-state index contributed by atoms with van der Waals surface area (Å²) in [5, 5.41) is 0.628. The van der Waals surface area contributed by atoms with Crippen LogP contribution in [0.15, 0.2) is 0 Å². The fourth-order valence-electron chi connectivity index (χ4n) is 2.99. The number of hydrogen-bond donors (Lipinski definition) is 2. The van der Waals surface area contributed by atoms with Crippen molar-refractivity contribution < 1.29 is 26.8 Å². The first-order valence-corrected chi connectivity index (χ1v) is 6.72. The van der Waals surface area contributed by atoms with E-state index in [4.69, 9.17) is 10.3 Å². The molecule has 0 aromatic rings. The number of piperidine rings is 1. The van der Waals surface area contributed by atoms with Crippen molar-refractivity contribution >= 4 is 22.3 Å². The molecule has 1 aliphatic carbocycles. The molecule has 3 fully saturated rings. The van der Waals surface area contributed by atoms with Crippen molar-refractivity contribution in [2.75, 3.05) is 6.54 Å². The Kier molecular flexibility index (Phi) is 2.17. The topological polar surface area (TPSA) is 130 Å². The van der Waals surface area contributed by atoms with Crippen molar-refractivity contribution in [1.29, 1.82) is 0 Å². The van der Waals surface area contributed by atoms with E-state index in [0.717, 1.165) is 0 Å². The first-order valence-electron chi connectivity index (χ1n) is 5.36. The van der Waals surface area contributed by atoms with E-state index in [-0.39, 0.29) is 18.4 Å². The summed E-state index contributed by atoms with van der Waals surface area (Å²) >= 11 is 0. The Morgan fingerprint density at radius 3 is 2.67 bits per heavy atom. The van der Waals surface area contributed by atoms with Crippen LogP contribution in [0.1, 0.15) is 6.42 Å². The zero-order chi connectivity index (χ0) is 13.2. The van der Waals surface area contributed by atoms with Crippen LogP contribution in [0.4, 0.5) is 4.79 Å². The van der Waals surface area contributed by atoms with Gasteiger partial charge in [0, 0.05) is 6.54 Å². The molecule has 3 amide bonds. The summed E-state index contributed by atoms with van der Waals surface area (Å²) in [6.45, 7) is 0.184. The summed E-state index contributed by atoms with van der Waals surface area (Å²) in [7, 11) is -4.76. The van der Waals surface area contributed by atoms with Gasteiger partial charge in [-0.3, -0.25) is 9.35 Å². The van der Waals surface area contributed by atoms with Crippen molar-refractivity contribution in [3.63, 3.8) is 0 Å². The minimum atomic E-state index is -4.76. The molecule has 0 unspecified atom stereocenters. The van der Waals surface area contributed by atoms with Crippen molar-refractivity contribution in [2.45, 2.75) is 18.5 Å². The van der Waals surface area contributed by atoms with Crippen LogP contribution in [0.25, 0.3) is 0 Å². The van der Waals surface area contributed by atoms with Crippen LogP contribution in [0, 0.1) is 11.8 Å². The highest BCUT2D eigenvalue weighted by atomic mass is 32.3. The van der Waals surface area contributed by atoms with Gasteiger partial charge in [0.05, 0.1) is 6.04 Å². The highest BCUT2D eigenvalue weighted by molar-refractivity contribution is 7.80. The molecule has 9 nitrogen and oxygen atoms in total. The number of nitrogens with zero attached hydrogens (tertiary/aromatic N) is 2. The molecule has 4 atom stereocenters. The number of amides is 3. The van der Waals surface area contributed by atoms with Crippen LogP contribution >= 0.6 is 0 Å². The van der Waals surface area contributed by atoms with E-state index in [9.17, 15) is 18.0 Å². The highest BCUT2D eigenvalue weighted by Gasteiger charge is 2.64. The molecule has 2 heterocycles. The molecule has 0 aromatic carbocycles. The molecule has 2 aliphatic heterocycles. The fourth-order valence-corrected chi connectivity index (χ4v) is 3.37. The average Bonchev–Trinajstić information content (AvgIpc) is 2.95. The van der Waals surface area contributed by atoms with Gasteiger partial charge in [0.2, 0.25) is 5.91 Å². The molecule has 3 aliphatic rings. The van der Waals surface area contributed by atoms with E-state index in [1.165, 1.54) is 4.90 Å². The lowest BCUT2D eigenvalue weighted by Crippen LogP contribution is -2.49. The van der Waals surface area contributed by atoms with Crippen LogP contribution in [-0.4, -0.2) is 53.5 Å². The number of hydroxylamine groups is 2. The monoisotopic (exact) mass is 277 g/mol. The second kappa shape index (κ2) is 3.33. The maximum atomic E-state index is 11.9. The van der Waals surface area contributed by atoms with Gasteiger partial charge in [0.25, 0.3) is 0 Å². The Morgan fingerprint density at radius 2 is 2.11 bits per heavy atom. The van der Waals surface area contributed by atoms with E-state index in [2.05, 4.69) is 4.28 Å². The van der Waals surface area contributed by atoms with E-state index in [0.29, 0.717) is 11.5 Å². The summed E-state index contributed by atoms with van der Waals surface area (Å²) in [6, 6.07) is -1.93. The molecular formula is C8H11N3O6S. The molecule has 0 spiro atoms. The molecule has 2 saturated heterocycles. The maximum absolute atomic E-state index is 11.9. The van der Waals surface area contributed by atoms with E-state index >= 15 is 0 Å². The van der Waals surface area contributed by atoms with Crippen molar-refractivity contribution in [3.8, 4) is 0 Å². The lowest BCUT2D eigenvalue weighted by atomic mass is 10.0. The van der Waals surface area contributed by atoms with Crippen LogP contribution in [0.2, 0.25) is 0 Å². The average molecular weight is 277 g/mol. The quantitative estimate of drug-likeness (QED) is 0.593. The van der Waals surface area contributed by atoms with Gasteiger partial charge in [-0.05, 0) is 18.3 Å². The Balaban J connectivity index is 1.90. The van der Waals surface area contributed by atoms with Crippen LogP contribution in [-0.2, 0) is 19.5 Å². The number of hydrogen-bond acceptors (Lipinski definition) is 5. The standard InChI is InChI=1S/C8H11N3O6S/c9-7(12)6-4-1-3(4)5-2-10(6)8(13)11(5)17-18(14,15)16/h3-6H,1-2H2,(H2,9,12)(H,14,15,16)/t3-,4+,5+,6+/m1/s1. The van der Waals surface area contributed by atoms with Gasteiger partial charge in [0.15, 0.2) is 0 Å². The highest BCUT2D eigenvalue weighted by Crippen LogP contribution is 2.53. The number of rotatable bonds is 3. The third-order valence-electron chi connectivity index (χ3n) is 3.71. The number of nitrogens with two attached hydrogens (primary N) is 1. The predicted molar refractivity (Wildman–Crippen MR) is 54.9 cm³/mol. The summed E-state index contributed by atoms with van der Waals surface area (Å²) in [4.78, 5) is 24.4. The van der Waals surface area contributed by atoms with Crippen molar-refractivity contribution in [2.24, 2.45) is 17.6 Å². The van der Waals surface area contributed by atoms with Crippen LogP contribution < -0.4 is 5.73 Å². The molecule has 0 aromatic heterocycles. The number of urea groups is 1. The Hall–Kier alpha value is -1.39. The van der Waals surface area contributed by atoms with Gasteiger partial charge < -0.3 is 10.6 Å². The third-order valence-corrected chi connectivity index (χ3v) is 4.06. The summed E-state index contributed by atoms with van der Waals surface area (Å²) in [5.41, 5.74) is 5.24. The second-order valence-corrected chi connectivity index (χ2v) is 5.75. The molecule has 3 N–H and O–H groups in total. The SMILES string of the molecule is NC(=O)[C@@H]1[C@H]2C[C@H]2[C@@H]2CN1C(=O)N2OS(=O)(=O)O. The lowest BCUT2D eigenvalue weighted by Gasteiger charge is -2.27. The largest absolute Gasteiger partial charge is 0.418 e. The van der Waals surface area contributed by atoms with Crippen LogP contribution in [0.3, 0.4) is 0 Å². The molecule has 10 heteroatoms. The van der Waals surface area contributed by atoms with Crippen molar-refractivity contribution in [3.05, 3.63) is 0 Å². The van der Waals surface area contributed by atoms with E-state index in [1.54, 1.807) is 0 Å². The summed E-state index contributed by atoms with van der Waals surface area (Å²) < 4.78 is 34.3. The van der Waals surface area contributed by atoms with Gasteiger partial charge in [-0.25, -0.2) is 4.79 Å². The molecule has 0 radical (unpaired) electrons. The molecule has 2 bridgehead atoms. The zero-order valence-electron chi connectivity index (χ0n) is 9.09. The normalized spacial score (nSPS) is 37.7. The molecule has 3 rings (SSSR count).